The lowest BCUT2D eigenvalue weighted by Crippen LogP contribution is -2.17. The first-order valence-electron chi connectivity index (χ1n) is 9.90. The molecule has 0 unspecified atom stereocenters. The van der Waals surface area contributed by atoms with Crippen molar-refractivity contribution < 1.29 is 17.6 Å². The molecule has 9 heteroatoms. The van der Waals surface area contributed by atoms with E-state index in [0.717, 1.165) is 11.6 Å². The summed E-state index contributed by atoms with van der Waals surface area (Å²) in [5, 5.41) is 2.68. The van der Waals surface area contributed by atoms with Gasteiger partial charge in [-0.1, -0.05) is 48.5 Å². The molecule has 0 atom stereocenters. The van der Waals surface area contributed by atoms with E-state index in [1.807, 2.05) is 30.3 Å². The second kappa shape index (κ2) is 9.17. The van der Waals surface area contributed by atoms with E-state index in [9.17, 15) is 17.6 Å². The molecule has 0 fully saturated rings. The quantitative estimate of drug-likeness (QED) is 0.435. The normalized spacial score (nSPS) is 11.1. The van der Waals surface area contributed by atoms with Crippen LogP contribution in [0.1, 0.15) is 15.9 Å². The summed E-state index contributed by atoms with van der Waals surface area (Å²) in [6.45, 7) is 1.69. The fourth-order valence-electron chi connectivity index (χ4n) is 3.09. The zero-order valence-corrected chi connectivity index (χ0v) is 18.3. The van der Waals surface area contributed by atoms with Gasteiger partial charge in [0, 0.05) is 11.1 Å². The molecule has 0 aliphatic carbocycles. The van der Waals surface area contributed by atoms with Gasteiger partial charge in [-0.2, -0.15) is 0 Å². The van der Waals surface area contributed by atoms with Gasteiger partial charge >= 0.3 is 0 Å². The maximum Gasteiger partial charge on any atom is 0.262 e. The number of anilines is 2. The smallest absolute Gasteiger partial charge is 0.262 e. The number of aryl methyl sites for hydroxylation is 1. The van der Waals surface area contributed by atoms with Crippen LogP contribution in [-0.4, -0.2) is 24.3 Å². The molecule has 0 aliphatic heterocycles. The Balaban J connectivity index is 1.55. The Kier molecular flexibility index (Phi) is 6.14. The number of aromatic nitrogens is 2. The SMILES string of the molecule is Cc1ccc(S(=O)(=O)Nc2ccccc2F)cc1C(=O)Nc1cnc(-c2ccccc2)nc1. The molecule has 1 heterocycles. The van der Waals surface area contributed by atoms with Gasteiger partial charge in [-0.15, -0.1) is 0 Å². The average Bonchev–Trinajstić information content (AvgIpc) is 2.81. The summed E-state index contributed by atoms with van der Waals surface area (Å²) in [5.74, 6) is -0.714. The van der Waals surface area contributed by atoms with Crippen molar-refractivity contribution >= 4 is 27.3 Å². The molecule has 4 rings (SSSR count). The fraction of sp³-hybridized carbons (Fsp3) is 0.0417. The third-order valence-corrected chi connectivity index (χ3v) is 6.19. The van der Waals surface area contributed by atoms with Crippen molar-refractivity contribution in [2.75, 3.05) is 10.0 Å². The van der Waals surface area contributed by atoms with Gasteiger partial charge in [0.05, 0.1) is 28.7 Å². The van der Waals surface area contributed by atoms with Crippen LogP contribution in [0, 0.1) is 12.7 Å². The number of nitrogens with zero attached hydrogens (tertiary/aromatic N) is 2. The number of nitrogens with one attached hydrogen (secondary N) is 2. The first kappa shape index (κ1) is 22.1. The molecule has 0 spiro atoms. The first-order valence-corrected chi connectivity index (χ1v) is 11.4. The summed E-state index contributed by atoms with van der Waals surface area (Å²) in [6.07, 6.45) is 2.95. The number of sulfonamides is 1. The maximum absolute atomic E-state index is 13.9. The molecule has 0 saturated carbocycles. The number of carbonyl (C=O) groups excluding carboxylic acids is 1. The lowest BCUT2D eigenvalue weighted by Gasteiger charge is -2.12. The van der Waals surface area contributed by atoms with Crippen molar-refractivity contribution in [3.8, 4) is 11.4 Å². The molecule has 0 aliphatic rings. The number of benzene rings is 3. The summed E-state index contributed by atoms with van der Waals surface area (Å²) in [4.78, 5) is 21.2. The number of hydrogen-bond donors (Lipinski definition) is 2. The van der Waals surface area contributed by atoms with Crippen LogP contribution in [0.3, 0.4) is 0 Å². The van der Waals surface area contributed by atoms with Crippen molar-refractivity contribution in [1.29, 1.82) is 0 Å². The van der Waals surface area contributed by atoms with Crippen LogP contribution in [0.2, 0.25) is 0 Å². The minimum absolute atomic E-state index is 0.151. The van der Waals surface area contributed by atoms with Crippen LogP contribution in [0.5, 0.6) is 0 Å². The molecule has 1 amide bonds. The summed E-state index contributed by atoms with van der Waals surface area (Å²) >= 11 is 0. The predicted molar refractivity (Wildman–Crippen MR) is 124 cm³/mol. The number of carbonyl (C=O) groups is 1. The molecular formula is C24H19FN4O3S. The summed E-state index contributed by atoms with van der Waals surface area (Å²) in [6, 6.07) is 18.9. The summed E-state index contributed by atoms with van der Waals surface area (Å²) < 4.78 is 41.6. The molecule has 1 aromatic heterocycles. The Labute approximate surface area is 190 Å². The Bertz CT molecular complexity index is 1410. The predicted octanol–water partition coefficient (Wildman–Crippen LogP) is 4.64. The Hall–Kier alpha value is -4.11. The minimum atomic E-state index is -4.11. The van der Waals surface area contributed by atoms with Gasteiger partial charge in [0.25, 0.3) is 15.9 Å². The lowest BCUT2D eigenvalue weighted by atomic mass is 10.1. The van der Waals surface area contributed by atoms with Crippen molar-refractivity contribution in [3.63, 3.8) is 0 Å². The van der Waals surface area contributed by atoms with Crippen LogP contribution in [0.15, 0.2) is 90.1 Å². The van der Waals surface area contributed by atoms with E-state index in [-0.39, 0.29) is 16.1 Å². The van der Waals surface area contributed by atoms with E-state index in [1.165, 1.54) is 48.8 Å². The highest BCUT2D eigenvalue weighted by molar-refractivity contribution is 7.92. The number of halogens is 1. The van der Waals surface area contributed by atoms with Crippen molar-refractivity contribution in [2.45, 2.75) is 11.8 Å². The first-order chi connectivity index (χ1) is 15.8. The van der Waals surface area contributed by atoms with Crippen LogP contribution < -0.4 is 10.0 Å². The number of para-hydroxylation sites is 1. The van der Waals surface area contributed by atoms with Gasteiger partial charge in [0.1, 0.15) is 5.82 Å². The Morgan fingerprint density at radius 3 is 2.27 bits per heavy atom. The third kappa shape index (κ3) is 5.04. The van der Waals surface area contributed by atoms with E-state index >= 15 is 0 Å². The topological polar surface area (TPSA) is 101 Å². The van der Waals surface area contributed by atoms with Crippen LogP contribution in [0.25, 0.3) is 11.4 Å². The average molecular weight is 463 g/mol. The Morgan fingerprint density at radius 1 is 0.909 bits per heavy atom. The highest BCUT2D eigenvalue weighted by Crippen LogP contribution is 2.22. The number of hydrogen-bond acceptors (Lipinski definition) is 5. The van der Waals surface area contributed by atoms with Crippen molar-refractivity contribution in [2.24, 2.45) is 0 Å². The molecular weight excluding hydrogens is 443 g/mol. The standard InChI is InChI=1S/C24H19FN4O3S/c1-16-11-12-19(33(31,32)29-22-10-6-5-9-21(22)25)13-20(16)24(30)28-18-14-26-23(27-15-18)17-7-3-2-4-8-17/h2-15,29H,1H3,(H,28,30). The molecule has 33 heavy (non-hydrogen) atoms. The van der Waals surface area contributed by atoms with Crippen LogP contribution in [-0.2, 0) is 10.0 Å². The van der Waals surface area contributed by atoms with Gasteiger partial charge in [0.15, 0.2) is 5.82 Å². The minimum Gasteiger partial charge on any atom is -0.319 e. The van der Waals surface area contributed by atoms with E-state index in [2.05, 4.69) is 20.0 Å². The number of rotatable bonds is 6. The van der Waals surface area contributed by atoms with E-state index in [1.54, 1.807) is 6.92 Å². The molecule has 0 bridgehead atoms. The maximum atomic E-state index is 13.9. The lowest BCUT2D eigenvalue weighted by molar-refractivity contribution is 0.102. The van der Waals surface area contributed by atoms with Gasteiger partial charge in [0.2, 0.25) is 0 Å². The Morgan fingerprint density at radius 2 is 1.58 bits per heavy atom. The monoisotopic (exact) mass is 462 g/mol. The number of amides is 1. The second-order valence-electron chi connectivity index (χ2n) is 7.18. The van der Waals surface area contributed by atoms with Gasteiger partial charge < -0.3 is 5.32 Å². The van der Waals surface area contributed by atoms with E-state index in [0.29, 0.717) is 17.1 Å². The highest BCUT2D eigenvalue weighted by Gasteiger charge is 2.20. The summed E-state index contributed by atoms with van der Waals surface area (Å²) in [7, 11) is -4.11. The van der Waals surface area contributed by atoms with Crippen molar-refractivity contribution in [1.82, 2.24) is 9.97 Å². The van der Waals surface area contributed by atoms with E-state index in [4.69, 9.17) is 0 Å². The van der Waals surface area contributed by atoms with Gasteiger partial charge in [-0.3, -0.25) is 9.52 Å². The van der Waals surface area contributed by atoms with Crippen molar-refractivity contribution in [3.05, 3.63) is 102 Å². The molecule has 4 aromatic rings. The molecule has 3 aromatic carbocycles. The van der Waals surface area contributed by atoms with Gasteiger partial charge in [-0.05, 0) is 36.8 Å². The van der Waals surface area contributed by atoms with E-state index < -0.39 is 21.7 Å². The van der Waals surface area contributed by atoms with Gasteiger partial charge in [-0.25, -0.2) is 22.8 Å². The van der Waals surface area contributed by atoms with Crippen LogP contribution >= 0.6 is 0 Å². The molecule has 7 nitrogen and oxygen atoms in total. The largest absolute Gasteiger partial charge is 0.319 e. The molecule has 2 N–H and O–H groups in total. The zero-order valence-electron chi connectivity index (χ0n) is 17.5. The summed E-state index contributed by atoms with van der Waals surface area (Å²) in [5.41, 5.74) is 1.74. The fourth-order valence-corrected chi connectivity index (χ4v) is 4.18. The molecule has 166 valence electrons. The highest BCUT2D eigenvalue weighted by atomic mass is 32.2. The zero-order chi connectivity index (χ0) is 23.4. The third-order valence-electron chi connectivity index (χ3n) is 4.82. The van der Waals surface area contributed by atoms with Crippen LogP contribution in [0.4, 0.5) is 15.8 Å². The molecule has 0 saturated heterocycles. The second-order valence-corrected chi connectivity index (χ2v) is 8.86. The molecule has 0 radical (unpaired) electrons.